The Labute approximate surface area is 128 Å². The highest BCUT2D eigenvalue weighted by Gasteiger charge is 2.12. The molecule has 2 rings (SSSR count). The Morgan fingerprint density at radius 2 is 1.86 bits per heavy atom. The molecule has 0 amide bonds. The number of carbonyl (C=O) groups is 1. The number of aromatic nitrogens is 3. The molecule has 0 bridgehead atoms. The van der Waals surface area contributed by atoms with Crippen molar-refractivity contribution in [3.63, 3.8) is 0 Å². The van der Waals surface area contributed by atoms with Crippen molar-refractivity contribution in [1.29, 1.82) is 0 Å². The van der Waals surface area contributed by atoms with Gasteiger partial charge < -0.3 is 14.4 Å². The van der Waals surface area contributed by atoms with Gasteiger partial charge in [0.2, 0.25) is 5.95 Å². The topological polar surface area (TPSA) is 77.4 Å². The molecule has 0 unspecified atom stereocenters. The molecule has 0 atom stereocenters. The first kappa shape index (κ1) is 15.7. The third kappa shape index (κ3) is 4.15. The maximum atomic E-state index is 11.4. The molecule has 0 aliphatic carbocycles. The highest BCUT2D eigenvalue weighted by atomic mass is 16.6. The van der Waals surface area contributed by atoms with Crippen molar-refractivity contribution in [3.05, 3.63) is 30.3 Å². The highest BCUT2D eigenvalue weighted by Crippen LogP contribution is 2.19. The van der Waals surface area contributed by atoms with Gasteiger partial charge in [0, 0.05) is 19.7 Å². The summed E-state index contributed by atoms with van der Waals surface area (Å²) in [6.07, 6.45) is 0. The van der Waals surface area contributed by atoms with Crippen molar-refractivity contribution in [2.75, 3.05) is 32.2 Å². The van der Waals surface area contributed by atoms with Crippen LogP contribution in [0.1, 0.15) is 6.92 Å². The van der Waals surface area contributed by atoms with Crippen LogP contribution in [0.5, 0.6) is 6.01 Å². The average Bonchev–Trinajstić information content (AvgIpc) is 2.54. The molecular formula is C15H18N4O3. The van der Waals surface area contributed by atoms with Gasteiger partial charge in [-0.05, 0) is 6.92 Å². The third-order valence-corrected chi connectivity index (χ3v) is 2.66. The number of carbonyl (C=O) groups excluding carboxylic acids is 1. The smallest absolute Gasteiger partial charge is 0.344 e. The predicted molar refractivity (Wildman–Crippen MR) is 81.7 cm³/mol. The number of rotatable bonds is 6. The summed E-state index contributed by atoms with van der Waals surface area (Å²) >= 11 is 0. The van der Waals surface area contributed by atoms with Gasteiger partial charge in [0.25, 0.3) is 0 Å². The van der Waals surface area contributed by atoms with Gasteiger partial charge in [-0.2, -0.15) is 15.0 Å². The molecule has 0 fully saturated rings. The third-order valence-electron chi connectivity index (χ3n) is 2.66. The van der Waals surface area contributed by atoms with E-state index in [1.54, 1.807) is 11.8 Å². The Balaban J connectivity index is 2.26. The molecule has 116 valence electrons. The van der Waals surface area contributed by atoms with Gasteiger partial charge in [0.05, 0.1) is 6.61 Å². The van der Waals surface area contributed by atoms with Crippen LogP contribution in [0.4, 0.5) is 5.95 Å². The number of anilines is 1. The van der Waals surface area contributed by atoms with Crippen molar-refractivity contribution >= 4 is 11.9 Å². The van der Waals surface area contributed by atoms with E-state index in [-0.39, 0.29) is 12.6 Å². The standard InChI is InChI=1S/C15H18N4O3/c1-4-21-12(20)10-22-15-17-13(11-8-6-5-7-9-11)16-14(18-15)19(2)3/h5-9H,4,10H2,1-3H3. The van der Waals surface area contributed by atoms with Crippen LogP contribution in [0.3, 0.4) is 0 Å². The van der Waals surface area contributed by atoms with Gasteiger partial charge in [-0.3, -0.25) is 0 Å². The van der Waals surface area contributed by atoms with Crippen molar-refractivity contribution in [2.45, 2.75) is 6.92 Å². The number of hydrogen-bond donors (Lipinski definition) is 0. The van der Waals surface area contributed by atoms with Crippen LogP contribution in [-0.2, 0) is 9.53 Å². The fraction of sp³-hybridized carbons (Fsp3) is 0.333. The largest absolute Gasteiger partial charge is 0.463 e. The minimum Gasteiger partial charge on any atom is -0.463 e. The van der Waals surface area contributed by atoms with Crippen LogP contribution in [0, 0.1) is 0 Å². The minimum absolute atomic E-state index is 0.0885. The molecule has 1 aromatic heterocycles. The van der Waals surface area contributed by atoms with Gasteiger partial charge in [-0.15, -0.1) is 0 Å². The van der Waals surface area contributed by atoms with Crippen LogP contribution in [0.15, 0.2) is 30.3 Å². The van der Waals surface area contributed by atoms with E-state index in [2.05, 4.69) is 15.0 Å². The zero-order chi connectivity index (χ0) is 15.9. The molecule has 0 saturated carbocycles. The van der Waals surface area contributed by atoms with Gasteiger partial charge in [0.15, 0.2) is 12.4 Å². The molecule has 0 N–H and O–H groups in total. The second-order valence-corrected chi connectivity index (χ2v) is 4.60. The van der Waals surface area contributed by atoms with E-state index in [1.807, 2.05) is 44.4 Å². The summed E-state index contributed by atoms with van der Waals surface area (Å²) in [6.45, 7) is 1.80. The Hall–Kier alpha value is -2.70. The molecule has 7 nitrogen and oxygen atoms in total. The first-order valence-corrected chi connectivity index (χ1v) is 6.87. The van der Waals surface area contributed by atoms with Crippen molar-refractivity contribution in [2.24, 2.45) is 0 Å². The Bertz CT molecular complexity index is 632. The molecule has 0 saturated heterocycles. The average molecular weight is 302 g/mol. The number of ether oxygens (including phenoxy) is 2. The Morgan fingerprint density at radius 1 is 1.14 bits per heavy atom. The van der Waals surface area contributed by atoms with Gasteiger partial charge >= 0.3 is 12.0 Å². The lowest BCUT2D eigenvalue weighted by molar-refractivity contribution is -0.145. The normalized spacial score (nSPS) is 10.1. The fourth-order valence-electron chi connectivity index (χ4n) is 1.65. The lowest BCUT2D eigenvalue weighted by Crippen LogP contribution is -2.18. The maximum absolute atomic E-state index is 11.4. The quantitative estimate of drug-likeness (QED) is 0.749. The van der Waals surface area contributed by atoms with E-state index >= 15 is 0 Å². The lowest BCUT2D eigenvalue weighted by Gasteiger charge is -2.13. The number of esters is 1. The van der Waals surface area contributed by atoms with E-state index in [0.717, 1.165) is 5.56 Å². The first-order valence-electron chi connectivity index (χ1n) is 6.87. The van der Waals surface area contributed by atoms with Gasteiger partial charge in [0.1, 0.15) is 0 Å². The van der Waals surface area contributed by atoms with E-state index in [9.17, 15) is 4.79 Å². The summed E-state index contributed by atoms with van der Waals surface area (Å²) in [5.74, 6) is 0.474. The molecule has 0 aliphatic heterocycles. The zero-order valence-corrected chi connectivity index (χ0v) is 12.8. The molecule has 0 spiro atoms. The van der Waals surface area contributed by atoms with Gasteiger partial charge in [-0.25, -0.2) is 4.79 Å². The predicted octanol–water partition coefficient (Wildman–Crippen LogP) is 1.55. The van der Waals surface area contributed by atoms with Crippen LogP contribution >= 0.6 is 0 Å². The van der Waals surface area contributed by atoms with Crippen LogP contribution < -0.4 is 9.64 Å². The van der Waals surface area contributed by atoms with Crippen molar-refractivity contribution in [1.82, 2.24) is 15.0 Å². The molecule has 0 radical (unpaired) electrons. The summed E-state index contributed by atoms with van der Waals surface area (Å²) in [6, 6.07) is 9.58. The molecule has 1 aromatic carbocycles. The molecule has 2 aromatic rings. The van der Waals surface area contributed by atoms with Crippen molar-refractivity contribution < 1.29 is 14.3 Å². The highest BCUT2D eigenvalue weighted by molar-refractivity contribution is 5.71. The fourth-order valence-corrected chi connectivity index (χ4v) is 1.65. The Kier molecular flexibility index (Phi) is 5.24. The summed E-state index contributed by atoms with van der Waals surface area (Å²) in [4.78, 5) is 25.9. The van der Waals surface area contributed by atoms with Crippen LogP contribution in [0.25, 0.3) is 11.4 Å². The summed E-state index contributed by atoms with van der Waals surface area (Å²) in [7, 11) is 3.64. The molecule has 22 heavy (non-hydrogen) atoms. The second kappa shape index (κ2) is 7.35. The summed E-state index contributed by atoms with van der Waals surface area (Å²) in [5.41, 5.74) is 0.842. The number of benzene rings is 1. The van der Waals surface area contributed by atoms with Crippen LogP contribution in [-0.4, -0.2) is 48.2 Å². The number of nitrogens with zero attached hydrogens (tertiary/aromatic N) is 4. The number of hydrogen-bond acceptors (Lipinski definition) is 7. The van der Waals surface area contributed by atoms with E-state index in [4.69, 9.17) is 9.47 Å². The summed E-state index contributed by atoms with van der Waals surface area (Å²) in [5, 5.41) is 0. The first-order chi connectivity index (χ1) is 10.6. The molecule has 7 heteroatoms. The minimum atomic E-state index is -0.462. The van der Waals surface area contributed by atoms with Gasteiger partial charge in [-0.1, -0.05) is 30.3 Å². The summed E-state index contributed by atoms with van der Waals surface area (Å²) < 4.78 is 10.1. The lowest BCUT2D eigenvalue weighted by atomic mass is 10.2. The molecular weight excluding hydrogens is 284 g/mol. The zero-order valence-electron chi connectivity index (χ0n) is 12.8. The van der Waals surface area contributed by atoms with E-state index in [1.165, 1.54) is 0 Å². The molecule has 0 aliphatic rings. The van der Waals surface area contributed by atoms with Crippen molar-refractivity contribution in [3.8, 4) is 17.4 Å². The molecule has 1 heterocycles. The van der Waals surface area contributed by atoms with Crippen LogP contribution in [0.2, 0.25) is 0 Å². The maximum Gasteiger partial charge on any atom is 0.344 e. The monoisotopic (exact) mass is 302 g/mol. The second-order valence-electron chi connectivity index (χ2n) is 4.60. The van der Waals surface area contributed by atoms with E-state index in [0.29, 0.717) is 18.4 Å². The van der Waals surface area contributed by atoms with E-state index < -0.39 is 5.97 Å². The Morgan fingerprint density at radius 3 is 2.50 bits per heavy atom. The SMILES string of the molecule is CCOC(=O)COc1nc(-c2ccccc2)nc(N(C)C)n1.